The summed E-state index contributed by atoms with van der Waals surface area (Å²) in [7, 11) is 3.50. The van der Waals surface area contributed by atoms with Gasteiger partial charge in [-0.2, -0.15) is 0 Å². The fourth-order valence-corrected chi connectivity index (χ4v) is 2.02. The van der Waals surface area contributed by atoms with Crippen LogP contribution in [0.4, 0.5) is 11.6 Å². The molecule has 2 aromatic rings. The van der Waals surface area contributed by atoms with E-state index >= 15 is 0 Å². The Balaban J connectivity index is 2.28. The molecule has 2 aromatic heterocycles. The topological polar surface area (TPSA) is 88.5 Å². The first kappa shape index (κ1) is 13.1. The van der Waals surface area contributed by atoms with Crippen LogP contribution >= 0.6 is 0 Å². The summed E-state index contributed by atoms with van der Waals surface area (Å²) < 4.78 is 1.82. The molecule has 0 aliphatic carbocycles. The molecule has 0 fully saturated rings. The standard InChI is InChI=1S/C12H18N6O/c1-8(12(19)14-2)6-17(3)11-10-15-4-5-18(10)7-9(13)16-11/h4-5,7-8H,6,13H2,1-3H3,(H,14,19). The van der Waals surface area contributed by atoms with Crippen molar-refractivity contribution in [2.24, 2.45) is 5.92 Å². The summed E-state index contributed by atoms with van der Waals surface area (Å²) in [5.41, 5.74) is 6.50. The van der Waals surface area contributed by atoms with Gasteiger partial charge in [0, 0.05) is 33.0 Å². The number of nitrogens with zero attached hydrogens (tertiary/aromatic N) is 4. The van der Waals surface area contributed by atoms with Crippen molar-refractivity contribution >= 4 is 23.2 Å². The van der Waals surface area contributed by atoms with Crippen LogP contribution in [-0.4, -0.2) is 40.9 Å². The smallest absolute Gasteiger partial charge is 0.224 e. The highest BCUT2D eigenvalue weighted by Gasteiger charge is 2.17. The predicted molar refractivity (Wildman–Crippen MR) is 73.9 cm³/mol. The third kappa shape index (κ3) is 2.59. The molecule has 2 heterocycles. The minimum atomic E-state index is -0.145. The number of rotatable bonds is 4. The molecule has 102 valence electrons. The molecule has 0 aliphatic rings. The molecule has 0 saturated heterocycles. The molecule has 1 amide bonds. The maximum absolute atomic E-state index is 11.6. The number of amides is 1. The number of nitrogens with one attached hydrogen (secondary N) is 1. The van der Waals surface area contributed by atoms with Crippen LogP contribution in [-0.2, 0) is 4.79 Å². The van der Waals surface area contributed by atoms with E-state index in [0.29, 0.717) is 18.2 Å². The first-order chi connectivity index (χ1) is 9.02. The Morgan fingerprint density at radius 2 is 2.37 bits per heavy atom. The average molecular weight is 262 g/mol. The number of carbonyl (C=O) groups excluding carboxylic acids is 1. The summed E-state index contributed by atoms with van der Waals surface area (Å²) in [6.07, 6.45) is 5.21. The molecule has 1 atom stereocenters. The highest BCUT2D eigenvalue weighted by atomic mass is 16.1. The van der Waals surface area contributed by atoms with E-state index in [1.807, 2.05) is 29.5 Å². The summed E-state index contributed by atoms with van der Waals surface area (Å²) in [4.78, 5) is 22.0. The largest absolute Gasteiger partial charge is 0.382 e. The Morgan fingerprint density at radius 1 is 1.63 bits per heavy atom. The number of anilines is 2. The Bertz CT molecular complexity index is 593. The average Bonchev–Trinajstić information content (AvgIpc) is 2.84. The second-order valence-corrected chi connectivity index (χ2v) is 4.54. The molecule has 7 nitrogen and oxygen atoms in total. The van der Waals surface area contributed by atoms with Crippen molar-refractivity contribution in [3.05, 3.63) is 18.6 Å². The highest BCUT2D eigenvalue weighted by Crippen LogP contribution is 2.19. The lowest BCUT2D eigenvalue weighted by atomic mass is 10.1. The van der Waals surface area contributed by atoms with Crippen LogP contribution in [0.15, 0.2) is 18.6 Å². The van der Waals surface area contributed by atoms with E-state index < -0.39 is 0 Å². The van der Waals surface area contributed by atoms with Crippen molar-refractivity contribution in [1.82, 2.24) is 19.7 Å². The van der Waals surface area contributed by atoms with Crippen molar-refractivity contribution in [2.45, 2.75) is 6.92 Å². The van der Waals surface area contributed by atoms with Crippen molar-refractivity contribution < 1.29 is 4.79 Å². The lowest BCUT2D eigenvalue weighted by molar-refractivity contribution is -0.123. The summed E-state index contributed by atoms with van der Waals surface area (Å²) in [6.45, 7) is 2.41. The number of fused-ring (bicyclic) bond motifs is 1. The number of aromatic nitrogens is 3. The van der Waals surface area contributed by atoms with Gasteiger partial charge in [-0.1, -0.05) is 6.92 Å². The maximum Gasteiger partial charge on any atom is 0.224 e. The first-order valence-electron chi connectivity index (χ1n) is 6.05. The monoisotopic (exact) mass is 262 g/mol. The minimum absolute atomic E-state index is 0.00452. The van der Waals surface area contributed by atoms with Crippen LogP contribution in [0.3, 0.4) is 0 Å². The number of nitrogen functional groups attached to an aromatic ring is 1. The van der Waals surface area contributed by atoms with Crippen LogP contribution in [0, 0.1) is 5.92 Å². The van der Waals surface area contributed by atoms with Crippen molar-refractivity contribution in [3.63, 3.8) is 0 Å². The normalized spacial score (nSPS) is 12.4. The summed E-state index contributed by atoms with van der Waals surface area (Å²) in [6, 6.07) is 0. The second kappa shape index (κ2) is 5.13. The Morgan fingerprint density at radius 3 is 3.05 bits per heavy atom. The molecule has 7 heteroatoms. The molecule has 0 aromatic carbocycles. The zero-order valence-electron chi connectivity index (χ0n) is 11.3. The van der Waals surface area contributed by atoms with Crippen molar-refractivity contribution in [1.29, 1.82) is 0 Å². The van der Waals surface area contributed by atoms with Crippen LogP contribution in [0.5, 0.6) is 0 Å². The number of imidazole rings is 1. The molecule has 0 saturated carbocycles. The minimum Gasteiger partial charge on any atom is -0.382 e. The Hall–Kier alpha value is -2.31. The molecule has 0 spiro atoms. The van der Waals surface area contributed by atoms with Crippen LogP contribution in [0.25, 0.3) is 5.65 Å². The highest BCUT2D eigenvalue weighted by molar-refractivity contribution is 5.79. The summed E-state index contributed by atoms with van der Waals surface area (Å²) in [5, 5.41) is 2.63. The van der Waals surface area contributed by atoms with Gasteiger partial charge >= 0.3 is 0 Å². The van der Waals surface area contributed by atoms with E-state index in [0.717, 1.165) is 5.65 Å². The lowest BCUT2D eigenvalue weighted by Crippen LogP contribution is -2.35. The van der Waals surface area contributed by atoms with E-state index in [1.165, 1.54) is 0 Å². The SMILES string of the molecule is CNC(=O)C(C)CN(C)c1nc(N)cn2ccnc12. The molecular weight excluding hydrogens is 244 g/mol. The van der Waals surface area contributed by atoms with Crippen LogP contribution in [0.2, 0.25) is 0 Å². The van der Waals surface area contributed by atoms with E-state index in [4.69, 9.17) is 5.73 Å². The van der Waals surface area contributed by atoms with Gasteiger partial charge in [0.1, 0.15) is 5.82 Å². The van der Waals surface area contributed by atoms with Gasteiger partial charge in [0.25, 0.3) is 0 Å². The van der Waals surface area contributed by atoms with Gasteiger partial charge in [-0.05, 0) is 0 Å². The summed E-state index contributed by atoms with van der Waals surface area (Å²) >= 11 is 0. The molecule has 19 heavy (non-hydrogen) atoms. The Kier molecular flexibility index (Phi) is 3.55. The van der Waals surface area contributed by atoms with Crippen molar-refractivity contribution in [3.8, 4) is 0 Å². The number of hydrogen-bond donors (Lipinski definition) is 2. The van der Waals surface area contributed by atoms with E-state index in [9.17, 15) is 4.79 Å². The molecule has 1 unspecified atom stereocenters. The number of nitrogens with two attached hydrogens (primary N) is 1. The third-order valence-electron chi connectivity index (χ3n) is 2.98. The first-order valence-corrected chi connectivity index (χ1v) is 6.05. The van der Waals surface area contributed by atoms with Crippen molar-refractivity contribution in [2.75, 3.05) is 31.3 Å². The van der Waals surface area contributed by atoms with Gasteiger partial charge in [-0.15, -0.1) is 0 Å². The van der Waals surface area contributed by atoms with Gasteiger partial charge in [-0.3, -0.25) is 4.79 Å². The number of carbonyl (C=O) groups is 1. The van der Waals surface area contributed by atoms with Gasteiger partial charge < -0.3 is 20.4 Å². The molecule has 0 aliphatic heterocycles. The van der Waals surface area contributed by atoms with E-state index in [1.54, 1.807) is 19.4 Å². The zero-order chi connectivity index (χ0) is 14.0. The molecule has 2 rings (SSSR count). The number of hydrogen-bond acceptors (Lipinski definition) is 5. The molecule has 0 radical (unpaired) electrons. The van der Waals surface area contributed by atoms with Gasteiger partial charge in [-0.25, -0.2) is 9.97 Å². The van der Waals surface area contributed by atoms with Gasteiger partial charge in [0.05, 0.1) is 12.1 Å². The Labute approximate surface area is 111 Å². The fraction of sp³-hybridized carbons (Fsp3) is 0.417. The van der Waals surface area contributed by atoms with Gasteiger partial charge in [0.15, 0.2) is 11.5 Å². The molecular formula is C12H18N6O. The van der Waals surface area contributed by atoms with Crippen LogP contribution < -0.4 is 16.0 Å². The molecule has 3 N–H and O–H groups in total. The van der Waals surface area contributed by atoms with E-state index in [-0.39, 0.29) is 11.8 Å². The lowest BCUT2D eigenvalue weighted by Gasteiger charge is -2.22. The summed E-state index contributed by atoms with van der Waals surface area (Å²) in [5.74, 6) is 0.934. The maximum atomic E-state index is 11.6. The third-order valence-corrected chi connectivity index (χ3v) is 2.98. The molecule has 0 bridgehead atoms. The zero-order valence-corrected chi connectivity index (χ0v) is 11.3. The van der Waals surface area contributed by atoms with Crippen LogP contribution in [0.1, 0.15) is 6.92 Å². The fourth-order valence-electron chi connectivity index (χ4n) is 2.02. The quantitative estimate of drug-likeness (QED) is 0.817. The second-order valence-electron chi connectivity index (χ2n) is 4.54. The predicted octanol–water partition coefficient (Wildman–Crippen LogP) is 0.130. The van der Waals surface area contributed by atoms with E-state index in [2.05, 4.69) is 15.3 Å². The van der Waals surface area contributed by atoms with Gasteiger partial charge in [0.2, 0.25) is 5.91 Å².